The van der Waals surface area contributed by atoms with Gasteiger partial charge in [0.2, 0.25) is 0 Å². The lowest BCUT2D eigenvalue weighted by atomic mass is 9.90. The summed E-state index contributed by atoms with van der Waals surface area (Å²) in [5.74, 6) is 1.51. The molecule has 1 amide bonds. The van der Waals surface area contributed by atoms with Crippen LogP contribution in [0.25, 0.3) is 11.0 Å². The number of carbonyl (C=O) groups is 1. The van der Waals surface area contributed by atoms with Crippen molar-refractivity contribution in [3.8, 4) is 0 Å². The van der Waals surface area contributed by atoms with Gasteiger partial charge in [-0.15, -0.1) is 12.4 Å². The maximum absolute atomic E-state index is 12.7. The average molecular weight is 440 g/mol. The number of H-pyrrole nitrogens is 1. The molecule has 3 N–H and O–H groups in total. The number of piperidine rings is 1. The summed E-state index contributed by atoms with van der Waals surface area (Å²) >= 11 is 0. The van der Waals surface area contributed by atoms with Gasteiger partial charge in [0, 0.05) is 11.3 Å². The molecule has 0 unspecified atom stereocenters. The van der Waals surface area contributed by atoms with E-state index in [1.54, 1.807) is 0 Å². The Morgan fingerprint density at radius 3 is 2.55 bits per heavy atom. The maximum Gasteiger partial charge on any atom is 0.255 e. The van der Waals surface area contributed by atoms with Crippen LogP contribution in [0.5, 0.6) is 0 Å². The van der Waals surface area contributed by atoms with Crippen LogP contribution >= 0.6 is 12.4 Å². The molecule has 2 saturated heterocycles. The van der Waals surface area contributed by atoms with Crippen LogP contribution in [0.4, 0.5) is 5.69 Å². The van der Waals surface area contributed by atoms with Gasteiger partial charge in [-0.1, -0.05) is 12.1 Å². The number of rotatable bonds is 5. The van der Waals surface area contributed by atoms with Gasteiger partial charge in [-0.05, 0) is 93.7 Å². The van der Waals surface area contributed by atoms with E-state index in [2.05, 4.69) is 32.7 Å². The first-order valence-electron chi connectivity index (χ1n) is 11.1. The summed E-state index contributed by atoms with van der Waals surface area (Å²) in [6.45, 7) is 5.30. The highest BCUT2D eigenvalue weighted by Crippen LogP contribution is 2.25. The lowest BCUT2D eigenvalue weighted by molar-refractivity contribution is 0.102. The Labute approximate surface area is 189 Å². The van der Waals surface area contributed by atoms with E-state index < -0.39 is 0 Å². The van der Waals surface area contributed by atoms with Crippen LogP contribution in [0.3, 0.4) is 0 Å². The molecule has 0 spiro atoms. The van der Waals surface area contributed by atoms with Crippen LogP contribution in [0.1, 0.15) is 53.3 Å². The number of benzene rings is 2. The van der Waals surface area contributed by atoms with Crippen LogP contribution in [-0.4, -0.2) is 47.0 Å². The van der Waals surface area contributed by atoms with E-state index >= 15 is 0 Å². The number of nitrogens with one attached hydrogen (secondary N) is 3. The largest absolute Gasteiger partial charge is 0.341 e. The predicted molar refractivity (Wildman–Crippen MR) is 127 cm³/mol. The second-order valence-electron chi connectivity index (χ2n) is 8.50. The molecule has 2 fully saturated rings. The summed E-state index contributed by atoms with van der Waals surface area (Å²) in [7, 11) is 0. The summed E-state index contributed by atoms with van der Waals surface area (Å²) in [6.07, 6.45) is 4.87. The molecule has 3 aromatic rings. The van der Waals surface area contributed by atoms with Crippen molar-refractivity contribution < 1.29 is 4.79 Å². The number of fused-ring (bicyclic) bond motifs is 1. The van der Waals surface area contributed by atoms with E-state index in [9.17, 15) is 4.79 Å². The molecule has 6 nitrogen and oxygen atoms in total. The van der Waals surface area contributed by atoms with E-state index in [4.69, 9.17) is 4.98 Å². The van der Waals surface area contributed by atoms with Crippen molar-refractivity contribution in [2.45, 2.75) is 38.1 Å². The molecule has 7 heteroatoms. The molecule has 2 aromatic carbocycles. The monoisotopic (exact) mass is 439 g/mol. The lowest BCUT2D eigenvalue weighted by Crippen LogP contribution is -2.26. The Kier molecular flexibility index (Phi) is 6.90. The third kappa shape index (κ3) is 5.09. The molecular weight excluding hydrogens is 410 g/mol. The summed E-state index contributed by atoms with van der Waals surface area (Å²) < 4.78 is 0. The summed E-state index contributed by atoms with van der Waals surface area (Å²) in [5, 5.41) is 6.42. The quantitative estimate of drug-likeness (QED) is 0.554. The number of amides is 1. The minimum atomic E-state index is -0.0805. The molecule has 2 aliphatic heterocycles. The average Bonchev–Trinajstić information content (AvgIpc) is 3.44. The van der Waals surface area contributed by atoms with E-state index in [0.717, 1.165) is 68.1 Å². The van der Waals surface area contributed by atoms with Gasteiger partial charge in [-0.2, -0.15) is 0 Å². The summed E-state index contributed by atoms with van der Waals surface area (Å²) in [6, 6.07) is 13.9. The fraction of sp³-hybridized carbons (Fsp3) is 0.417. The highest BCUT2D eigenvalue weighted by Gasteiger charge is 2.16. The SMILES string of the molecule is Cl.O=C(Nc1ccc2nc(CN3CCCC3)[nH]c2c1)c1ccc(C2CCNCC2)cc1. The minimum absolute atomic E-state index is 0. The number of hydrogen-bond acceptors (Lipinski definition) is 4. The number of carbonyl (C=O) groups excluding carboxylic acids is 1. The van der Waals surface area contributed by atoms with Gasteiger partial charge in [-0.25, -0.2) is 4.98 Å². The fourth-order valence-electron chi connectivity index (χ4n) is 4.63. The third-order valence-corrected chi connectivity index (χ3v) is 6.34. The molecule has 3 heterocycles. The van der Waals surface area contributed by atoms with Crippen LogP contribution in [0.15, 0.2) is 42.5 Å². The van der Waals surface area contributed by atoms with Gasteiger partial charge < -0.3 is 15.6 Å². The van der Waals surface area contributed by atoms with E-state index in [1.807, 2.05) is 30.3 Å². The second-order valence-corrected chi connectivity index (χ2v) is 8.50. The first-order chi connectivity index (χ1) is 14.7. The molecule has 0 radical (unpaired) electrons. The van der Waals surface area contributed by atoms with Crippen molar-refractivity contribution in [3.63, 3.8) is 0 Å². The number of anilines is 1. The molecule has 0 saturated carbocycles. The number of aromatic amines is 1. The first kappa shape index (κ1) is 21.8. The molecule has 164 valence electrons. The van der Waals surface area contributed by atoms with Crippen molar-refractivity contribution in [2.24, 2.45) is 0 Å². The molecular formula is C24H30ClN5O. The van der Waals surface area contributed by atoms with E-state index in [1.165, 1.54) is 18.4 Å². The third-order valence-electron chi connectivity index (χ3n) is 6.34. The summed E-state index contributed by atoms with van der Waals surface area (Å²) in [4.78, 5) is 23.2. The van der Waals surface area contributed by atoms with Crippen molar-refractivity contribution in [1.29, 1.82) is 0 Å². The van der Waals surface area contributed by atoms with Gasteiger partial charge in [0.1, 0.15) is 5.82 Å². The van der Waals surface area contributed by atoms with Crippen molar-refractivity contribution >= 4 is 35.0 Å². The van der Waals surface area contributed by atoms with E-state index in [0.29, 0.717) is 11.5 Å². The second kappa shape index (κ2) is 9.81. The van der Waals surface area contributed by atoms with Crippen molar-refractivity contribution in [3.05, 3.63) is 59.4 Å². The van der Waals surface area contributed by atoms with Gasteiger partial charge in [0.25, 0.3) is 5.91 Å². The topological polar surface area (TPSA) is 73.0 Å². The molecule has 0 atom stereocenters. The van der Waals surface area contributed by atoms with Gasteiger partial charge in [-0.3, -0.25) is 9.69 Å². The zero-order chi connectivity index (χ0) is 20.3. The molecule has 0 aliphatic carbocycles. The standard InChI is InChI=1S/C24H29N5O.ClH/c30-24(19-5-3-17(4-6-19)18-9-11-25-12-10-18)26-20-7-8-21-22(15-20)28-23(27-21)16-29-13-1-2-14-29;/h3-8,15,18,25H,1-2,9-14,16H2,(H,26,30)(H,27,28);1H. The van der Waals surface area contributed by atoms with Crippen molar-refractivity contribution in [1.82, 2.24) is 20.2 Å². The number of aromatic nitrogens is 2. The highest BCUT2D eigenvalue weighted by atomic mass is 35.5. The lowest BCUT2D eigenvalue weighted by Gasteiger charge is -2.23. The highest BCUT2D eigenvalue weighted by molar-refractivity contribution is 6.05. The normalized spacial score (nSPS) is 17.5. The Morgan fingerprint density at radius 2 is 1.81 bits per heavy atom. The van der Waals surface area contributed by atoms with Crippen LogP contribution in [0.2, 0.25) is 0 Å². The molecule has 1 aromatic heterocycles. The molecule has 31 heavy (non-hydrogen) atoms. The number of imidazole rings is 1. The van der Waals surface area contributed by atoms with Crippen LogP contribution in [-0.2, 0) is 6.54 Å². The number of nitrogens with zero attached hydrogens (tertiary/aromatic N) is 2. The fourth-order valence-corrected chi connectivity index (χ4v) is 4.63. The smallest absolute Gasteiger partial charge is 0.255 e. The van der Waals surface area contributed by atoms with E-state index in [-0.39, 0.29) is 18.3 Å². The Balaban J connectivity index is 0.00000231. The van der Waals surface area contributed by atoms with Gasteiger partial charge in [0.05, 0.1) is 17.6 Å². The zero-order valence-electron chi connectivity index (χ0n) is 17.7. The van der Waals surface area contributed by atoms with Gasteiger partial charge in [0.15, 0.2) is 0 Å². The molecule has 2 aliphatic rings. The zero-order valence-corrected chi connectivity index (χ0v) is 18.5. The Hall–Kier alpha value is -2.41. The van der Waals surface area contributed by atoms with Crippen LogP contribution < -0.4 is 10.6 Å². The Bertz CT molecular complexity index is 1020. The minimum Gasteiger partial charge on any atom is -0.341 e. The number of halogens is 1. The number of likely N-dealkylation sites (tertiary alicyclic amines) is 1. The predicted octanol–water partition coefficient (Wildman–Crippen LogP) is 4.30. The first-order valence-corrected chi connectivity index (χ1v) is 11.1. The van der Waals surface area contributed by atoms with Crippen molar-refractivity contribution in [2.75, 3.05) is 31.5 Å². The van der Waals surface area contributed by atoms with Gasteiger partial charge >= 0.3 is 0 Å². The van der Waals surface area contributed by atoms with Crippen LogP contribution in [0, 0.1) is 0 Å². The molecule has 5 rings (SSSR count). The number of hydrogen-bond donors (Lipinski definition) is 3. The summed E-state index contributed by atoms with van der Waals surface area (Å²) in [5.41, 5.74) is 4.70. The maximum atomic E-state index is 12.7. The Morgan fingerprint density at radius 1 is 1.06 bits per heavy atom. The molecule has 0 bridgehead atoms.